The number of pyridine rings is 2. The van der Waals surface area contributed by atoms with Crippen molar-refractivity contribution in [1.82, 2.24) is 23.9 Å². The van der Waals surface area contributed by atoms with E-state index in [4.69, 9.17) is 11.6 Å². The molecule has 0 saturated heterocycles. The summed E-state index contributed by atoms with van der Waals surface area (Å²) in [5.41, 5.74) is 3.22. The molecule has 0 saturated carbocycles. The Bertz CT molecular complexity index is 1040. The van der Waals surface area contributed by atoms with Crippen molar-refractivity contribution in [3.63, 3.8) is 0 Å². The van der Waals surface area contributed by atoms with Crippen molar-refractivity contribution >= 4 is 17.2 Å². The molecular weight excluding hydrogens is 329 g/mol. The van der Waals surface area contributed by atoms with E-state index in [1.54, 1.807) is 18.3 Å². The van der Waals surface area contributed by atoms with Gasteiger partial charge in [-0.15, -0.1) is 0 Å². The van der Waals surface area contributed by atoms with E-state index in [1.165, 1.54) is 6.07 Å². The van der Waals surface area contributed by atoms with E-state index in [-0.39, 0.29) is 0 Å². The molecule has 0 radical (unpaired) electrons. The molecule has 4 aromatic rings. The first-order valence-corrected chi connectivity index (χ1v) is 7.77. The number of aromatic nitrogens is 5. The number of hydrogen-bond donors (Lipinski definition) is 0. The second-order valence-electron chi connectivity index (χ2n) is 5.44. The molecule has 0 N–H and O–H groups in total. The first kappa shape index (κ1) is 14.8. The summed E-state index contributed by atoms with van der Waals surface area (Å²) in [6, 6.07) is 8.36. The van der Waals surface area contributed by atoms with Gasteiger partial charge in [0.2, 0.25) is 5.95 Å². The zero-order valence-corrected chi connectivity index (χ0v) is 13.6. The predicted molar refractivity (Wildman–Crippen MR) is 89.5 cm³/mol. The number of aryl methyl sites for hydroxylation is 1. The molecule has 0 aliphatic heterocycles. The quantitative estimate of drug-likeness (QED) is 0.533. The van der Waals surface area contributed by atoms with E-state index >= 15 is 0 Å². The number of imidazole rings is 2. The lowest BCUT2D eigenvalue weighted by Crippen LogP contribution is -2.04. The number of nitrogens with zero attached hydrogens (tertiary/aromatic N) is 5. The summed E-state index contributed by atoms with van der Waals surface area (Å²) in [6.07, 6.45) is 5.34. The standard InChI is InChI=1S/C17H13ClFN5/c1-11-14(22-16-6-5-12(18)9-24(11)16)10-23-8-7-20-17(23)13-3-2-4-15(19)21-13/h2-9H,10H2,1H3. The van der Waals surface area contributed by atoms with Crippen LogP contribution in [0.2, 0.25) is 5.02 Å². The maximum absolute atomic E-state index is 13.4. The molecule has 0 unspecified atom stereocenters. The van der Waals surface area contributed by atoms with Crippen molar-refractivity contribution in [2.75, 3.05) is 0 Å². The molecule has 24 heavy (non-hydrogen) atoms. The molecule has 0 bridgehead atoms. The molecule has 0 atom stereocenters. The fraction of sp³-hybridized carbons (Fsp3) is 0.118. The summed E-state index contributed by atoms with van der Waals surface area (Å²) in [4.78, 5) is 12.8. The highest BCUT2D eigenvalue weighted by Crippen LogP contribution is 2.20. The second kappa shape index (κ2) is 5.72. The highest BCUT2D eigenvalue weighted by atomic mass is 35.5. The summed E-state index contributed by atoms with van der Waals surface area (Å²) >= 11 is 6.06. The molecule has 4 rings (SSSR count). The molecule has 0 amide bonds. The minimum Gasteiger partial charge on any atom is -0.324 e. The second-order valence-corrected chi connectivity index (χ2v) is 5.88. The van der Waals surface area contributed by atoms with Crippen LogP contribution in [0.25, 0.3) is 17.2 Å². The largest absolute Gasteiger partial charge is 0.324 e. The predicted octanol–water partition coefficient (Wildman–Crippen LogP) is 3.74. The summed E-state index contributed by atoms with van der Waals surface area (Å²) < 4.78 is 17.2. The van der Waals surface area contributed by atoms with Crippen LogP contribution in [0.3, 0.4) is 0 Å². The third-order valence-electron chi connectivity index (χ3n) is 3.90. The van der Waals surface area contributed by atoms with Crippen molar-refractivity contribution in [3.05, 3.63) is 71.3 Å². The van der Waals surface area contributed by atoms with Gasteiger partial charge in [0.05, 0.1) is 17.3 Å². The Morgan fingerprint density at radius 2 is 2.04 bits per heavy atom. The molecule has 120 valence electrons. The number of hydrogen-bond acceptors (Lipinski definition) is 3. The molecular formula is C17H13ClFN5. The fourth-order valence-corrected chi connectivity index (χ4v) is 2.86. The van der Waals surface area contributed by atoms with Crippen LogP contribution in [-0.2, 0) is 6.54 Å². The lowest BCUT2D eigenvalue weighted by Gasteiger charge is -2.06. The van der Waals surface area contributed by atoms with Crippen LogP contribution < -0.4 is 0 Å². The molecule has 0 aliphatic carbocycles. The number of fused-ring (bicyclic) bond motifs is 1. The van der Waals surface area contributed by atoms with Crippen LogP contribution in [0.1, 0.15) is 11.4 Å². The van der Waals surface area contributed by atoms with Crippen LogP contribution >= 0.6 is 11.6 Å². The van der Waals surface area contributed by atoms with Gasteiger partial charge in [0.25, 0.3) is 0 Å². The maximum atomic E-state index is 13.4. The highest BCUT2D eigenvalue weighted by molar-refractivity contribution is 6.30. The third-order valence-corrected chi connectivity index (χ3v) is 4.12. The molecule has 4 aromatic heterocycles. The van der Waals surface area contributed by atoms with Gasteiger partial charge in [-0.3, -0.25) is 0 Å². The summed E-state index contributed by atoms with van der Waals surface area (Å²) in [5.74, 6) is 0.0737. The molecule has 0 spiro atoms. The van der Waals surface area contributed by atoms with Crippen molar-refractivity contribution < 1.29 is 4.39 Å². The van der Waals surface area contributed by atoms with Gasteiger partial charge in [0, 0.05) is 24.3 Å². The summed E-state index contributed by atoms with van der Waals surface area (Å²) in [7, 11) is 0. The van der Waals surface area contributed by atoms with E-state index in [0.717, 1.165) is 17.0 Å². The van der Waals surface area contributed by atoms with Crippen molar-refractivity contribution in [2.24, 2.45) is 0 Å². The Hall–Kier alpha value is -2.73. The normalized spacial score (nSPS) is 11.3. The van der Waals surface area contributed by atoms with Gasteiger partial charge in [0.15, 0.2) is 5.82 Å². The van der Waals surface area contributed by atoms with Gasteiger partial charge >= 0.3 is 0 Å². The van der Waals surface area contributed by atoms with Gasteiger partial charge in [-0.2, -0.15) is 4.39 Å². The van der Waals surface area contributed by atoms with E-state index < -0.39 is 5.95 Å². The molecule has 0 aromatic carbocycles. The number of halogens is 2. The Balaban J connectivity index is 1.75. The van der Waals surface area contributed by atoms with Gasteiger partial charge in [0.1, 0.15) is 11.3 Å². The lowest BCUT2D eigenvalue weighted by molar-refractivity contribution is 0.584. The van der Waals surface area contributed by atoms with E-state index in [1.807, 2.05) is 40.4 Å². The van der Waals surface area contributed by atoms with Crippen LogP contribution in [0.4, 0.5) is 4.39 Å². The Morgan fingerprint density at radius 1 is 1.17 bits per heavy atom. The van der Waals surface area contributed by atoms with Crippen molar-refractivity contribution in [1.29, 1.82) is 0 Å². The summed E-state index contributed by atoms with van der Waals surface area (Å²) in [6.45, 7) is 2.50. The topological polar surface area (TPSA) is 48.0 Å². The molecule has 0 fully saturated rings. The molecule has 0 aliphatic rings. The Morgan fingerprint density at radius 3 is 2.88 bits per heavy atom. The van der Waals surface area contributed by atoms with Gasteiger partial charge in [-0.05, 0) is 31.2 Å². The zero-order valence-electron chi connectivity index (χ0n) is 12.8. The average molecular weight is 342 g/mol. The fourth-order valence-electron chi connectivity index (χ4n) is 2.70. The monoisotopic (exact) mass is 341 g/mol. The number of rotatable bonds is 3. The van der Waals surface area contributed by atoms with Crippen molar-refractivity contribution in [2.45, 2.75) is 13.5 Å². The smallest absolute Gasteiger partial charge is 0.213 e. The minimum atomic E-state index is -0.527. The Labute approximate surface area is 142 Å². The van der Waals surface area contributed by atoms with Crippen LogP contribution in [0.15, 0.2) is 48.9 Å². The van der Waals surface area contributed by atoms with Crippen LogP contribution in [-0.4, -0.2) is 23.9 Å². The van der Waals surface area contributed by atoms with Gasteiger partial charge in [-0.25, -0.2) is 15.0 Å². The Kier molecular flexibility index (Phi) is 3.54. The van der Waals surface area contributed by atoms with E-state index in [9.17, 15) is 4.39 Å². The van der Waals surface area contributed by atoms with Gasteiger partial charge in [-0.1, -0.05) is 17.7 Å². The highest BCUT2D eigenvalue weighted by Gasteiger charge is 2.13. The third kappa shape index (κ3) is 2.55. The van der Waals surface area contributed by atoms with E-state index in [0.29, 0.717) is 23.1 Å². The minimum absolute atomic E-state index is 0.490. The summed E-state index contributed by atoms with van der Waals surface area (Å²) in [5, 5.41) is 0.654. The van der Waals surface area contributed by atoms with E-state index in [2.05, 4.69) is 15.0 Å². The first-order chi connectivity index (χ1) is 11.6. The van der Waals surface area contributed by atoms with Crippen LogP contribution in [0.5, 0.6) is 0 Å². The zero-order chi connectivity index (χ0) is 16.7. The first-order valence-electron chi connectivity index (χ1n) is 7.39. The molecule has 7 heteroatoms. The maximum Gasteiger partial charge on any atom is 0.213 e. The van der Waals surface area contributed by atoms with Gasteiger partial charge < -0.3 is 8.97 Å². The average Bonchev–Trinajstić information content (AvgIpc) is 3.14. The lowest BCUT2D eigenvalue weighted by atomic mass is 10.3. The van der Waals surface area contributed by atoms with Crippen LogP contribution in [0, 0.1) is 12.9 Å². The van der Waals surface area contributed by atoms with Crippen molar-refractivity contribution in [3.8, 4) is 11.5 Å². The molecule has 5 nitrogen and oxygen atoms in total. The molecule has 4 heterocycles. The SMILES string of the molecule is Cc1c(Cn2ccnc2-c2cccc(F)n2)nc2ccc(Cl)cn12.